The molecule has 0 aliphatic carbocycles. The molecular formula is C22H21N3O3S. The molecule has 148 valence electrons. The zero-order valence-corrected chi connectivity index (χ0v) is 16.8. The van der Waals surface area contributed by atoms with E-state index >= 15 is 0 Å². The molecular weight excluding hydrogens is 386 g/mol. The van der Waals surface area contributed by atoms with Gasteiger partial charge in [0.05, 0.1) is 22.9 Å². The first-order valence-corrected chi connectivity index (χ1v) is 10.2. The predicted molar refractivity (Wildman–Crippen MR) is 114 cm³/mol. The van der Waals surface area contributed by atoms with Crippen LogP contribution in [0.2, 0.25) is 0 Å². The smallest absolute Gasteiger partial charge is 0.338 e. The maximum absolute atomic E-state index is 12.2. The summed E-state index contributed by atoms with van der Waals surface area (Å²) in [5, 5.41) is 3.65. The fourth-order valence-corrected chi connectivity index (χ4v) is 3.37. The van der Waals surface area contributed by atoms with Gasteiger partial charge in [-0.05, 0) is 37.3 Å². The molecule has 3 rings (SSSR count). The maximum atomic E-state index is 12.2. The second-order valence-electron chi connectivity index (χ2n) is 6.05. The van der Waals surface area contributed by atoms with Crippen LogP contribution in [0, 0.1) is 0 Å². The van der Waals surface area contributed by atoms with Crippen molar-refractivity contribution >= 4 is 29.3 Å². The predicted octanol–water partition coefficient (Wildman–Crippen LogP) is 4.44. The van der Waals surface area contributed by atoms with E-state index in [1.807, 2.05) is 36.4 Å². The van der Waals surface area contributed by atoms with Crippen LogP contribution < -0.4 is 5.32 Å². The highest BCUT2D eigenvalue weighted by atomic mass is 32.2. The number of anilines is 1. The monoisotopic (exact) mass is 407 g/mol. The quantitative estimate of drug-likeness (QED) is 0.338. The normalized spacial score (nSPS) is 10.4. The molecule has 0 fully saturated rings. The van der Waals surface area contributed by atoms with Crippen LogP contribution in [0.1, 0.15) is 23.7 Å². The number of hydrogen-bond acceptors (Lipinski definition) is 6. The summed E-state index contributed by atoms with van der Waals surface area (Å²) in [6.45, 7) is 2.09. The van der Waals surface area contributed by atoms with Crippen molar-refractivity contribution in [1.29, 1.82) is 0 Å². The van der Waals surface area contributed by atoms with Crippen molar-refractivity contribution in [1.82, 2.24) is 9.97 Å². The van der Waals surface area contributed by atoms with E-state index in [4.69, 9.17) is 4.74 Å². The molecule has 0 spiro atoms. The fraction of sp³-hybridized carbons (Fsp3) is 0.182. The van der Waals surface area contributed by atoms with Gasteiger partial charge in [-0.2, -0.15) is 0 Å². The lowest BCUT2D eigenvalue weighted by molar-refractivity contribution is -0.115. The van der Waals surface area contributed by atoms with Crippen molar-refractivity contribution in [2.24, 2.45) is 0 Å². The molecule has 3 aromatic rings. The van der Waals surface area contributed by atoms with E-state index in [2.05, 4.69) is 15.3 Å². The van der Waals surface area contributed by atoms with Crippen LogP contribution in [0.15, 0.2) is 72.0 Å². The Kier molecular flexibility index (Phi) is 7.35. The van der Waals surface area contributed by atoms with E-state index in [-0.39, 0.29) is 11.9 Å². The molecule has 2 aromatic carbocycles. The third-order valence-corrected chi connectivity index (χ3v) is 4.90. The van der Waals surface area contributed by atoms with Crippen molar-refractivity contribution in [3.63, 3.8) is 0 Å². The molecule has 1 amide bonds. The number of benzene rings is 2. The number of ether oxygens (including phenoxy) is 1. The van der Waals surface area contributed by atoms with Gasteiger partial charge in [0.2, 0.25) is 5.91 Å². The molecule has 0 bridgehead atoms. The van der Waals surface area contributed by atoms with E-state index in [1.165, 1.54) is 18.1 Å². The number of amides is 1. The van der Waals surface area contributed by atoms with Gasteiger partial charge in [-0.25, -0.2) is 14.8 Å². The van der Waals surface area contributed by atoms with Gasteiger partial charge in [0.15, 0.2) is 0 Å². The molecule has 0 atom stereocenters. The lowest BCUT2D eigenvalue weighted by atomic mass is 10.1. The van der Waals surface area contributed by atoms with Gasteiger partial charge >= 0.3 is 5.97 Å². The number of hydrogen-bond donors (Lipinski definition) is 1. The second kappa shape index (κ2) is 10.4. The van der Waals surface area contributed by atoms with E-state index in [0.717, 1.165) is 16.3 Å². The highest BCUT2D eigenvalue weighted by Crippen LogP contribution is 2.22. The van der Waals surface area contributed by atoms with Crippen molar-refractivity contribution in [2.45, 2.75) is 18.4 Å². The highest BCUT2D eigenvalue weighted by Gasteiger charge is 2.08. The van der Waals surface area contributed by atoms with Crippen LogP contribution in [0.25, 0.3) is 11.3 Å². The number of nitrogens with one attached hydrogen (secondary N) is 1. The lowest BCUT2D eigenvalue weighted by Gasteiger charge is -2.07. The number of thioether (sulfide) groups is 1. The summed E-state index contributed by atoms with van der Waals surface area (Å²) in [6.07, 6.45) is 1.88. The minimum atomic E-state index is -0.374. The first kappa shape index (κ1) is 20.5. The zero-order chi connectivity index (χ0) is 20.5. The molecule has 0 radical (unpaired) electrons. The van der Waals surface area contributed by atoms with Crippen LogP contribution in [0.4, 0.5) is 5.69 Å². The van der Waals surface area contributed by atoms with E-state index in [1.54, 1.807) is 31.2 Å². The van der Waals surface area contributed by atoms with Gasteiger partial charge < -0.3 is 10.1 Å². The first-order valence-electron chi connectivity index (χ1n) is 9.23. The molecule has 1 heterocycles. The number of carbonyl (C=O) groups is 2. The topological polar surface area (TPSA) is 81.2 Å². The molecule has 0 aliphatic heterocycles. The minimum Gasteiger partial charge on any atom is -0.462 e. The largest absolute Gasteiger partial charge is 0.462 e. The molecule has 6 nitrogen and oxygen atoms in total. The Hall–Kier alpha value is -3.19. The molecule has 1 N–H and O–H groups in total. The second-order valence-corrected chi connectivity index (χ2v) is 7.17. The molecule has 29 heavy (non-hydrogen) atoms. The molecule has 7 heteroatoms. The average Bonchev–Trinajstić information content (AvgIpc) is 2.75. The summed E-state index contributed by atoms with van der Waals surface area (Å²) in [4.78, 5) is 32.4. The lowest BCUT2D eigenvalue weighted by Crippen LogP contribution is -2.12. The van der Waals surface area contributed by atoms with Crippen LogP contribution in [0.5, 0.6) is 0 Å². The minimum absolute atomic E-state index is 0.0984. The average molecular weight is 407 g/mol. The third-order valence-electron chi connectivity index (χ3n) is 3.97. The first-order chi connectivity index (χ1) is 14.2. The van der Waals surface area contributed by atoms with Crippen molar-refractivity contribution < 1.29 is 14.3 Å². The maximum Gasteiger partial charge on any atom is 0.338 e. The van der Waals surface area contributed by atoms with Crippen LogP contribution in [-0.4, -0.2) is 34.2 Å². The Balaban J connectivity index is 1.48. The summed E-state index contributed by atoms with van der Waals surface area (Å²) < 4.78 is 4.94. The Labute approximate surface area is 173 Å². The summed E-state index contributed by atoms with van der Waals surface area (Å²) in [5.41, 5.74) is 2.98. The van der Waals surface area contributed by atoms with Crippen LogP contribution in [-0.2, 0) is 9.53 Å². The van der Waals surface area contributed by atoms with Gasteiger partial charge in [0.1, 0.15) is 6.33 Å². The Morgan fingerprint density at radius 2 is 1.79 bits per heavy atom. The van der Waals surface area contributed by atoms with Gasteiger partial charge in [0, 0.05) is 23.4 Å². The van der Waals surface area contributed by atoms with Gasteiger partial charge in [-0.15, -0.1) is 11.8 Å². The highest BCUT2D eigenvalue weighted by molar-refractivity contribution is 7.99. The standard InChI is InChI=1S/C22H21N3O3S/c1-2-28-22(27)17-8-10-18(11-9-17)25-20(26)12-13-29-21-14-19(23-15-24-21)16-6-4-3-5-7-16/h3-11,14-15H,2,12-13H2,1H3,(H,25,26). The summed E-state index contributed by atoms with van der Waals surface area (Å²) in [5.74, 6) is 0.123. The van der Waals surface area contributed by atoms with Gasteiger partial charge in [-0.3, -0.25) is 4.79 Å². The number of aromatic nitrogens is 2. The summed E-state index contributed by atoms with van der Waals surface area (Å²) >= 11 is 1.51. The van der Waals surface area contributed by atoms with Gasteiger partial charge in [-0.1, -0.05) is 30.3 Å². The molecule has 0 aliphatic rings. The summed E-state index contributed by atoms with van der Waals surface area (Å²) in [7, 11) is 0. The van der Waals surface area contributed by atoms with Crippen molar-refractivity contribution in [3.8, 4) is 11.3 Å². The molecule has 1 aromatic heterocycles. The SMILES string of the molecule is CCOC(=O)c1ccc(NC(=O)CCSc2cc(-c3ccccc3)ncn2)cc1. The Morgan fingerprint density at radius 3 is 2.52 bits per heavy atom. The number of nitrogens with zero attached hydrogens (tertiary/aromatic N) is 2. The van der Waals surface area contributed by atoms with Crippen LogP contribution in [0.3, 0.4) is 0 Å². The van der Waals surface area contributed by atoms with Crippen molar-refractivity contribution in [3.05, 3.63) is 72.6 Å². The van der Waals surface area contributed by atoms with Crippen molar-refractivity contribution in [2.75, 3.05) is 17.7 Å². The summed E-state index contributed by atoms with van der Waals surface area (Å²) in [6, 6.07) is 18.5. The van der Waals surface area contributed by atoms with E-state index in [9.17, 15) is 9.59 Å². The number of rotatable bonds is 8. The fourth-order valence-electron chi connectivity index (χ4n) is 2.56. The third kappa shape index (κ3) is 6.15. The molecule has 0 saturated carbocycles. The number of esters is 1. The molecule has 0 unspecified atom stereocenters. The van der Waals surface area contributed by atoms with Crippen LogP contribution >= 0.6 is 11.8 Å². The number of carbonyl (C=O) groups excluding carboxylic acids is 2. The Morgan fingerprint density at radius 1 is 1.03 bits per heavy atom. The zero-order valence-electron chi connectivity index (χ0n) is 16.0. The Bertz CT molecular complexity index is 963. The van der Waals surface area contributed by atoms with E-state index in [0.29, 0.717) is 30.0 Å². The molecule has 0 saturated heterocycles. The van der Waals surface area contributed by atoms with Gasteiger partial charge in [0.25, 0.3) is 0 Å². The van der Waals surface area contributed by atoms with E-state index < -0.39 is 0 Å².